The molecule has 0 unspecified atom stereocenters. The molecule has 0 aliphatic carbocycles. The predicted molar refractivity (Wildman–Crippen MR) is 103 cm³/mol. The van der Waals surface area contributed by atoms with E-state index in [1.807, 2.05) is 7.05 Å². The van der Waals surface area contributed by atoms with Gasteiger partial charge in [-0.15, -0.1) is 10.8 Å². The van der Waals surface area contributed by atoms with E-state index in [4.69, 9.17) is 0 Å². The molecule has 2 aromatic carbocycles. The van der Waals surface area contributed by atoms with Crippen molar-refractivity contribution in [1.82, 2.24) is 5.32 Å². The van der Waals surface area contributed by atoms with Crippen molar-refractivity contribution >= 4 is 22.2 Å². The van der Waals surface area contributed by atoms with Crippen LogP contribution in [-0.2, 0) is 6.42 Å². The fourth-order valence-corrected chi connectivity index (χ4v) is 5.45. The van der Waals surface area contributed by atoms with E-state index in [9.17, 15) is 18.8 Å². The molecule has 7 heteroatoms. The van der Waals surface area contributed by atoms with E-state index >= 15 is 0 Å². The molecule has 1 aliphatic heterocycles. The molecule has 0 fully saturated rings. The Morgan fingerprint density at radius 3 is 2.77 bits per heavy atom. The molecule has 1 heterocycles. The maximum Gasteiger partial charge on any atom is 0.123 e. The molecule has 1 aliphatic rings. The summed E-state index contributed by atoms with van der Waals surface area (Å²) >= 11 is 0. The summed E-state index contributed by atoms with van der Waals surface area (Å²) < 4.78 is 37.5. The highest BCUT2D eigenvalue weighted by molar-refractivity contribution is 8.26. The van der Waals surface area contributed by atoms with Crippen molar-refractivity contribution in [2.45, 2.75) is 24.5 Å². The first kappa shape index (κ1) is 18.7. The monoisotopic (exact) mass is 375 g/mol. The fourth-order valence-electron chi connectivity index (χ4n) is 3.35. The molecule has 0 aromatic heterocycles. The highest BCUT2D eigenvalue weighted by Gasteiger charge is 2.40. The minimum Gasteiger partial charge on any atom is -0.320 e. The highest BCUT2D eigenvalue weighted by Crippen LogP contribution is 2.61. The molecule has 0 bridgehead atoms. The molecule has 26 heavy (non-hydrogen) atoms. The van der Waals surface area contributed by atoms with Crippen LogP contribution >= 0.6 is 10.8 Å². The lowest BCUT2D eigenvalue weighted by atomic mass is 10.0. The number of fused-ring (bicyclic) bond motifs is 1. The van der Waals surface area contributed by atoms with E-state index in [1.54, 1.807) is 30.3 Å². The maximum absolute atomic E-state index is 13.8. The lowest BCUT2D eigenvalue weighted by Gasteiger charge is -2.53. The number of benzene rings is 2. The van der Waals surface area contributed by atoms with Crippen LogP contribution in [0.5, 0.6) is 0 Å². The van der Waals surface area contributed by atoms with Crippen molar-refractivity contribution in [3.05, 3.63) is 59.4 Å². The maximum atomic E-state index is 13.8. The summed E-state index contributed by atoms with van der Waals surface area (Å²) in [5, 5.41) is 12.1. The van der Waals surface area contributed by atoms with Gasteiger partial charge in [0.15, 0.2) is 0 Å². The first-order valence-corrected chi connectivity index (χ1v) is 10.0. The summed E-state index contributed by atoms with van der Waals surface area (Å²) in [4.78, 5) is 0. The van der Waals surface area contributed by atoms with Gasteiger partial charge in [0, 0.05) is 0 Å². The van der Waals surface area contributed by atoms with Gasteiger partial charge in [-0.05, 0) is 68.8 Å². The van der Waals surface area contributed by atoms with Gasteiger partial charge in [0.25, 0.3) is 0 Å². The van der Waals surface area contributed by atoms with Crippen molar-refractivity contribution in [1.29, 1.82) is 5.26 Å². The van der Waals surface area contributed by atoms with E-state index < -0.39 is 16.0 Å². The van der Waals surface area contributed by atoms with Crippen molar-refractivity contribution in [2.75, 3.05) is 17.9 Å². The number of hydrogen-bond acceptors (Lipinski definition) is 5. The van der Waals surface area contributed by atoms with Crippen LogP contribution in [0.15, 0.2) is 42.5 Å². The summed E-state index contributed by atoms with van der Waals surface area (Å²) in [7, 11) is -1.38. The van der Waals surface area contributed by atoms with Gasteiger partial charge < -0.3 is 5.32 Å². The second-order valence-corrected chi connectivity index (χ2v) is 8.48. The van der Waals surface area contributed by atoms with Gasteiger partial charge in [0.1, 0.15) is 11.9 Å². The normalized spacial score (nSPS) is 19.5. The molecule has 0 amide bonds. The molecule has 2 aromatic rings. The molecule has 0 saturated heterocycles. The van der Waals surface area contributed by atoms with Crippen LogP contribution in [0.2, 0.25) is 0 Å². The lowest BCUT2D eigenvalue weighted by Crippen LogP contribution is -2.38. The molecule has 138 valence electrons. The second kappa shape index (κ2) is 7.64. The summed E-state index contributed by atoms with van der Waals surface area (Å²) in [6, 6.07) is 13.2. The fraction of sp³-hybridized carbons (Fsp3) is 0.316. The molecular weight excluding hydrogens is 353 g/mol. The minimum atomic E-state index is -3.22. The number of para-hydroxylation sites is 1. The molecule has 1 atom stereocenters. The first-order valence-electron chi connectivity index (χ1n) is 8.48. The average molecular weight is 375 g/mol. The Kier molecular flexibility index (Phi) is 5.49. The van der Waals surface area contributed by atoms with Crippen molar-refractivity contribution in [2.24, 2.45) is 0 Å². The lowest BCUT2D eigenvalue weighted by molar-refractivity contribution is 0.454. The Bertz CT molecular complexity index is 838. The van der Waals surface area contributed by atoms with Crippen molar-refractivity contribution in [3.63, 3.8) is 0 Å². The zero-order chi connectivity index (χ0) is 18.7. The van der Waals surface area contributed by atoms with Crippen molar-refractivity contribution in [3.8, 4) is 6.07 Å². The quantitative estimate of drug-likeness (QED) is 0.674. The third kappa shape index (κ3) is 3.41. The summed E-state index contributed by atoms with van der Waals surface area (Å²) in [5.41, 5.74) is 2.04. The topological polar surface area (TPSA) is 79.5 Å². The van der Waals surface area contributed by atoms with Gasteiger partial charge >= 0.3 is 0 Å². The number of halogens is 1. The Morgan fingerprint density at radius 2 is 2.04 bits per heavy atom. The zero-order valence-electron chi connectivity index (χ0n) is 14.5. The third-order valence-corrected chi connectivity index (χ3v) is 6.85. The Labute approximate surface area is 154 Å². The number of nitrogens with zero attached hydrogens (tertiary/aromatic N) is 2. The molecular formula is C19H22FN3O2S. The molecule has 3 rings (SSSR count). The smallest absolute Gasteiger partial charge is 0.123 e. The first-order chi connectivity index (χ1) is 12.5. The minimum absolute atomic E-state index is 0.346. The van der Waals surface area contributed by atoms with Crippen LogP contribution in [0, 0.1) is 17.1 Å². The Balaban J connectivity index is 2.12. The number of rotatable bonds is 5. The SMILES string of the molecule is CNCCC[C@@H]1Cc2cc(F)ccc2N(c2ccccc2C#N)S1(O)O. The average Bonchev–Trinajstić information content (AvgIpc) is 2.62. The standard InChI is InChI=1S/C19H22FN3O2S/c1-22-10-4-6-17-12-15-11-16(20)8-9-19(15)23(26(17,24)25)18-7-3-2-5-14(18)13-21/h2-3,5,7-9,11,17,22,24-25H,4,6,10,12H2,1H3/t17-/m1/s1. The van der Waals surface area contributed by atoms with Crippen LogP contribution in [0.1, 0.15) is 24.0 Å². The number of nitriles is 1. The van der Waals surface area contributed by atoms with E-state index in [2.05, 4.69) is 11.4 Å². The number of hydrogen-bond donors (Lipinski definition) is 3. The van der Waals surface area contributed by atoms with Gasteiger partial charge in [-0.3, -0.25) is 9.11 Å². The summed E-state index contributed by atoms with van der Waals surface area (Å²) in [6.07, 6.45) is 1.75. The molecule has 3 N–H and O–H groups in total. The Hall–Kier alpha value is -2.11. The third-order valence-electron chi connectivity index (χ3n) is 4.62. The summed E-state index contributed by atoms with van der Waals surface area (Å²) in [6.45, 7) is 0.761. The van der Waals surface area contributed by atoms with Crippen LogP contribution < -0.4 is 9.62 Å². The van der Waals surface area contributed by atoms with Gasteiger partial charge in [0.2, 0.25) is 0 Å². The second-order valence-electron chi connectivity index (χ2n) is 6.33. The molecule has 0 radical (unpaired) electrons. The van der Waals surface area contributed by atoms with Gasteiger partial charge in [-0.25, -0.2) is 8.70 Å². The van der Waals surface area contributed by atoms with Crippen LogP contribution in [0.3, 0.4) is 0 Å². The van der Waals surface area contributed by atoms with E-state index in [0.717, 1.165) is 18.5 Å². The van der Waals surface area contributed by atoms with E-state index in [-0.39, 0.29) is 5.82 Å². The zero-order valence-corrected chi connectivity index (χ0v) is 15.3. The number of nitrogens with one attached hydrogen (secondary N) is 1. The van der Waals surface area contributed by atoms with Crippen LogP contribution in [0.4, 0.5) is 15.8 Å². The van der Waals surface area contributed by atoms with Gasteiger partial charge in [-0.1, -0.05) is 12.1 Å². The van der Waals surface area contributed by atoms with Crippen LogP contribution in [-0.4, -0.2) is 27.9 Å². The number of anilines is 2. The van der Waals surface area contributed by atoms with Crippen LogP contribution in [0.25, 0.3) is 0 Å². The van der Waals surface area contributed by atoms with Gasteiger partial charge in [0.05, 0.1) is 22.2 Å². The predicted octanol–water partition coefficient (Wildman–Crippen LogP) is 4.43. The molecule has 0 spiro atoms. The van der Waals surface area contributed by atoms with Crippen molar-refractivity contribution < 1.29 is 13.5 Å². The molecule has 5 nitrogen and oxygen atoms in total. The van der Waals surface area contributed by atoms with E-state index in [0.29, 0.717) is 29.8 Å². The molecule has 0 saturated carbocycles. The Morgan fingerprint density at radius 1 is 1.27 bits per heavy atom. The van der Waals surface area contributed by atoms with E-state index in [1.165, 1.54) is 16.4 Å². The highest BCUT2D eigenvalue weighted by atomic mass is 32.3. The largest absolute Gasteiger partial charge is 0.320 e. The summed E-state index contributed by atoms with van der Waals surface area (Å²) in [5.74, 6) is -0.357. The van der Waals surface area contributed by atoms with Gasteiger partial charge in [-0.2, -0.15) is 5.26 Å².